The van der Waals surface area contributed by atoms with Gasteiger partial charge in [-0.1, -0.05) is 0 Å². The standard InChI is InChI=1S/C15H24N2O5/c1-14(2,3)22-12(19)11(18)21-13(20)17-9-5-7-15(10-17)6-4-8-16-15/h16H,4-10H2,1-3H3. The summed E-state index contributed by atoms with van der Waals surface area (Å²) in [7, 11) is 0. The van der Waals surface area contributed by atoms with Crippen LogP contribution in [0.5, 0.6) is 0 Å². The zero-order valence-electron chi connectivity index (χ0n) is 13.4. The Bertz CT molecular complexity index is 463. The molecule has 2 saturated heterocycles. The van der Waals surface area contributed by atoms with Gasteiger partial charge >= 0.3 is 18.0 Å². The summed E-state index contributed by atoms with van der Waals surface area (Å²) < 4.78 is 9.53. The number of rotatable bonds is 0. The molecule has 2 fully saturated rings. The van der Waals surface area contributed by atoms with E-state index in [9.17, 15) is 14.4 Å². The topological polar surface area (TPSA) is 84.9 Å². The number of likely N-dealkylation sites (tertiary alicyclic amines) is 1. The van der Waals surface area contributed by atoms with Crippen LogP contribution in [-0.2, 0) is 19.1 Å². The number of esters is 2. The number of amides is 1. The highest BCUT2D eigenvalue weighted by Crippen LogP contribution is 2.29. The Kier molecular flexibility index (Phi) is 4.75. The Hall–Kier alpha value is -1.63. The largest absolute Gasteiger partial charge is 0.452 e. The molecule has 1 N–H and O–H groups in total. The normalized spacial score (nSPS) is 25.1. The highest BCUT2D eigenvalue weighted by Gasteiger charge is 2.40. The molecule has 2 heterocycles. The predicted molar refractivity (Wildman–Crippen MR) is 78.1 cm³/mol. The number of hydrogen-bond donors (Lipinski definition) is 1. The average Bonchev–Trinajstić information content (AvgIpc) is 2.84. The van der Waals surface area contributed by atoms with Gasteiger partial charge in [0.25, 0.3) is 0 Å². The van der Waals surface area contributed by atoms with Crippen LogP contribution in [0.25, 0.3) is 0 Å². The second kappa shape index (κ2) is 6.24. The molecule has 1 unspecified atom stereocenters. The van der Waals surface area contributed by atoms with Crippen LogP contribution in [0.2, 0.25) is 0 Å². The summed E-state index contributed by atoms with van der Waals surface area (Å²) in [5.41, 5.74) is -0.867. The second-order valence-corrected chi connectivity index (χ2v) is 6.99. The third-order valence-electron chi connectivity index (χ3n) is 3.91. The number of piperidine rings is 1. The number of carbonyl (C=O) groups excluding carboxylic acids is 3. The van der Waals surface area contributed by atoms with Crippen molar-refractivity contribution in [3.05, 3.63) is 0 Å². The molecule has 1 atom stereocenters. The van der Waals surface area contributed by atoms with E-state index >= 15 is 0 Å². The van der Waals surface area contributed by atoms with E-state index in [-0.39, 0.29) is 5.54 Å². The van der Waals surface area contributed by atoms with E-state index in [1.54, 1.807) is 20.8 Å². The molecule has 7 nitrogen and oxygen atoms in total. The first-order chi connectivity index (χ1) is 10.2. The lowest BCUT2D eigenvalue weighted by atomic mass is 9.88. The molecule has 1 amide bonds. The predicted octanol–water partition coefficient (Wildman–Crippen LogP) is 1.21. The molecule has 0 bridgehead atoms. The van der Waals surface area contributed by atoms with Crippen molar-refractivity contribution in [1.29, 1.82) is 0 Å². The minimum atomic E-state index is -1.26. The maximum Gasteiger partial charge on any atom is 0.426 e. The summed E-state index contributed by atoms with van der Waals surface area (Å²) >= 11 is 0. The summed E-state index contributed by atoms with van der Waals surface area (Å²) in [5.74, 6) is -2.41. The first kappa shape index (κ1) is 16.7. The lowest BCUT2D eigenvalue weighted by molar-refractivity contribution is -0.172. The van der Waals surface area contributed by atoms with Crippen molar-refractivity contribution in [2.45, 2.75) is 57.6 Å². The van der Waals surface area contributed by atoms with E-state index in [0.29, 0.717) is 13.1 Å². The van der Waals surface area contributed by atoms with Crippen molar-refractivity contribution in [3.8, 4) is 0 Å². The lowest BCUT2D eigenvalue weighted by Crippen LogP contribution is -2.55. The van der Waals surface area contributed by atoms with Gasteiger partial charge in [-0.2, -0.15) is 0 Å². The maximum absolute atomic E-state index is 12.1. The quantitative estimate of drug-likeness (QED) is 0.411. The molecule has 2 aliphatic rings. The van der Waals surface area contributed by atoms with Crippen molar-refractivity contribution in [2.75, 3.05) is 19.6 Å². The molecule has 0 radical (unpaired) electrons. The van der Waals surface area contributed by atoms with E-state index in [0.717, 1.165) is 32.2 Å². The van der Waals surface area contributed by atoms with E-state index in [1.165, 1.54) is 4.90 Å². The molecule has 7 heteroatoms. The van der Waals surface area contributed by atoms with E-state index in [1.807, 2.05) is 0 Å². The highest BCUT2D eigenvalue weighted by molar-refractivity contribution is 6.31. The summed E-state index contributed by atoms with van der Waals surface area (Å²) in [6.45, 7) is 6.90. The summed E-state index contributed by atoms with van der Waals surface area (Å²) in [4.78, 5) is 36.7. The fourth-order valence-electron chi connectivity index (χ4n) is 3.01. The molecule has 0 aromatic heterocycles. The molecule has 2 aliphatic heterocycles. The summed E-state index contributed by atoms with van der Waals surface area (Å²) in [6.07, 6.45) is 3.18. The third-order valence-corrected chi connectivity index (χ3v) is 3.91. The molecule has 1 spiro atoms. The van der Waals surface area contributed by atoms with Crippen molar-refractivity contribution >= 4 is 18.0 Å². The second-order valence-electron chi connectivity index (χ2n) is 6.99. The number of carbonyl (C=O) groups is 3. The van der Waals surface area contributed by atoms with Crippen molar-refractivity contribution < 1.29 is 23.9 Å². The van der Waals surface area contributed by atoms with Gasteiger partial charge in [-0.25, -0.2) is 14.4 Å². The van der Waals surface area contributed by atoms with E-state index in [4.69, 9.17) is 4.74 Å². The first-order valence-electron chi connectivity index (χ1n) is 7.70. The molecule has 22 heavy (non-hydrogen) atoms. The Morgan fingerprint density at radius 3 is 2.36 bits per heavy atom. The fourth-order valence-corrected chi connectivity index (χ4v) is 3.01. The molecular weight excluding hydrogens is 288 g/mol. The van der Waals surface area contributed by atoms with Gasteiger partial charge in [0.2, 0.25) is 0 Å². The third kappa shape index (κ3) is 4.19. The number of hydrogen-bond acceptors (Lipinski definition) is 6. The summed E-state index contributed by atoms with van der Waals surface area (Å²) in [5, 5.41) is 3.44. The van der Waals surface area contributed by atoms with Crippen molar-refractivity contribution in [2.24, 2.45) is 0 Å². The molecule has 124 valence electrons. The van der Waals surface area contributed by atoms with Crippen LogP contribution in [-0.4, -0.2) is 53.7 Å². The lowest BCUT2D eigenvalue weighted by Gasteiger charge is -2.39. The van der Waals surface area contributed by atoms with Crippen LogP contribution in [0.1, 0.15) is 46.5 Å². The molecule has 0 aromatic carbocycles. The van der Waals surface area contributed by atoms with Gasteiger partial charge < -0.3 is 19.7 Å². The van der Waals surface area contributed by atoms with E-state index < -0.39 is 23.6 Å². The maximum atomic E-state index is 12.1. The van der Waals surface area contributed by atoms with Crippen molar-refractivity contribution in [1.82, 2.24) is 10.2 Å². The zero-order valence-corrected chi connectivity index (χ0v) is 13.4. The number of ether oxygens (including phenoxy) is 2. The van der Waals surface area contributed by atoms with Gasteiger partial charge in [-0.05, 0) is 53.0 Å². The number of nitrogens with zero attached hydrogens (tertiary/aromatic N) is 1. The van der Waals surface area contributed by atoms with Crippen LogP contribution >= 0.6 is 0 Å². The molecule has 0 aromatic rings. The van der Waals surface area contributed by atoms with Gasteiger partial charge in [0.05, 0.1) is 0 Å². The Balaban J connectivity index is 1.88. The minimum Gasteiger partial charge on any atom is -0.452 e. The van der Waals surface area contributed by atoms with Crippen LogP contribution in [0.4, 0.5) is 4.79 Å². The zero-order chi connectivity index (χ0) is 16.4. The molecule has 2 rings (SSSR count). The highest BCUT2D eigenvalue weighted by atomic mass is 16.6. The Morgan fingerprint density at radius 2 is 1.77 bits per heavy atom. The molecule has 0 saturated carbocycles. The van der Waals surface area contributed by atoms with Crippen LogP contribution in [0.15, 0.2) is 0 Å². The van der Waals surface area contributed by atoms with Gasteiger partial charge in [0.1, 0.15) is 5.60 Å². The Morgan fingerprint density at radius 1 is 1.09 bits per heavy atom. The first-order valence-corrected chi connectivity index (χ1v) is 7.70. The van der Waals surface area contributed by atoms with Crippen LogP contribution < -0.4 is 5.32 Å². The molecule has 0 aliphatic carbocycles. The van der Waals surface area contributed by atoms with Gasteiger partial charge in [0, 0.05) is 18.6 Å². The van der Waals surface area contributed by atoms with E-state index in [2.05, 4.69) is 10.1 Å². The van der Waals surface area contributed by atoms with Crippen LogP contribution in [0.3, 0.4) is 0 Å². The van der Waals surface area contributed by atoms with Crippen molar-refractivity contribution in [3.63, 3.8) is 0 Å². The van der Waals surface area contributed by atoms with Gasteiger partial charge in [0.15, 0.2) is 0 Å². The number of nitrogens with one attached hydrogen (secondary N) is 1. The SMILES string of the molecule is CC(C)(C)OC(=O)C(=O)OC(=O)N1CCCC2(CCCN2)C1. The monoisotopic (exact) mass is 312 g/mol. The van der Waals surface area contributed by atoms with Gasteiger partial charge in [-0.15, -0.1) is 0 Å². The summed E-state index contributed by atoms with van der Waals surface area (Å²) in [6, 6.07) is 0. The fraction of sp³-hybridized carbons (Fsp3) is 0.800. The molecular formula is C15H24N2O5. The Labute approximate surface area is 130 Å². The van der Waals surface area contributed by atoms with Crippen LogP contribution in [0, 0.1) is 0 Å². The van der Waals surface area contributed by atoms with Gasteiger partial charge in [-0.3, -0.25) is 0 Å². The minimum absolute atomic E-state index is 0.0633. The smallest absolute Gasteiger partial charge is 0.426 e. The average molecular weight is 312 g/mol.